The minimum atomic E-state index is -0.801. The molecule has 1 aromatic carbocycles. The third-order valence-electron chi connectivity index (χ3n) is 3.20. The number of imide groups is 1. The molecule has 0 heterocycles. The molecule has 0 saturated carbocycles. The van der Waals surface area contributed by atoms with E-state index in [4.69, 9.17) is 14.2 Å². The van der Waals surface area contributed by atoms with E-state index in [1.54, 1.807) is 0 Å². The number of methoxy groups -OCH3 is 1. The Bertz CT molecular complexity index is 701. The number of hydrogen-bond donors (Lipinski definition) is 2. The van der Waals surface area contributed by atoms with E-state index < -0.39 is 31.1 Å². The summed E-state index contributed by atoms with van der Waals surface area (Å²) in [6.45, 7) is 4.57. The largest absolute Gasteiger partial charge is 0.493 e. The van der Waals surface area contributed by atoms with Gasteiger partial charge in [0.1, 0.15) is 0 Å². The van der Waals surface area contributed by atoms with Crippen molar-refractivity contribution in [2.45, 2.75) is 20.8 Å². The number of rotatable bonds is 9. The molecule has 1 rings (SSSR count). The number of nitrogens with one attached hydrogen (secondary N) is 2. The van der Waals surface area contributed by atoms with Gasteiger partial charge in [0.15, 0.2) is 30.5 Å². The molecule has 0 radical (unpaired) electrons. The molecule has 1 aromatic rings. The molecule has 0 atom stereocenters. The summed E-state index contributed by atoms with van der Waals surface area (Å²) >= 11 is 0. The third-order valence-corrected chi connectivity index (χ3v) is 3.20. The van der Waals surface area contributed by atoms with E-state index in [1.807, 2.05) is 19.2 Å². The van der Waals surface area contributed by atoms with Gasteiger partial charge in [-0.3, -0.25) is 14.9 Å². The number of urea groups is 1. The predicted molar refractivity (Wildman–Crippen MR) is 95.8 cm³/mol. The molecular weight excluding hydrogens is 356 g/mol. The maximum absolute atomic E-state index is 11.7. The van der Waals surface area contributed by atoms with E-state index in [0.717, 1.165) is 0 Å². The minimum absolute atomic E-state index is 0.136. The van der Waals surface area contributed by atoms with Crippen molar-refractivity contribution in [1.29, 1.82) is 0 Å². The number of esters is 1. The monoisotopic (exact) mass is 380 g/mol. The highest BCUT2D eigenvalue weighted by atomic mass is 16.6. The van der Waals surface area contributed by atoms with Gasteiger partial charge in [-0.1, -0.05) is 13.8 Å². The van der Waals surface area contributed by atoms with Gasteiger partial charge in [0.05, 0.1) is 7.11 Å². The summed E-state index contributed by atoms with van der Waals surface area (Å²) in [4.78, 5) is 46.0. The summed E-state index contributed by atoms with van der Waals surface area (Å²) in [5.41, 5.74) is 0.439. The van der Waals surface area contributed by atoms with Crippen LogP contribution in [0.3, 0.4) is 0 Å². The summed E-state index contributed by atoms with van der Waals surface area (Å²) in [6, 6.07) is 3.87. The molecule has 2 N–H and O–H groups in total. The van der Waals surface area contributed by atoms with Gasteiger partial charge in [-0.2, -0.15) is 0 Å². The van der Waals surface area contributed by atoms with Crippen molar-refractivity contribution in [2.75, 3.05) is 26.9 Å². The lowest BCUT2D eigenvalue weighted by Gasteiger charge is -2.11. The maximum Gasteiger partial charge on any atom is 0.344 e. The molecule has 0 aliphatic carbocycles. The molecule has 3 amide bonds. The zero-order valence-electron chi connectivity index (χ0n) is 15.8. The standard InChI is InChI=1S/C18H24N2O7/c1-11(2)8-19-18(24)20-16(22)9-27-17(23)10-26-14-6-5-13(12(3)21)7-15(14)25-4/h5-7,11H,8-10H2,1-4H3,(H2,19,20,22,24). The van der Waals surface area contributed by atoms with Crippen molar-refractivity contribution >= 4 is 23.7 Å². The van der Waals surface area contributed by atoms with Crippen LogP contribution >= 0.6 is 0 Å². The Kier molecular flexibility index (Phi) is 8.77. The number of Topliss-reactive ketones (excluding diaryl/α,β-unsaturated/α-hetero) is 1. The van der Waals surface area contributed by atoms with Crippen molar-refractivity contribution in [1.82, 2.24) is 10.6 Å². The van der Waals surface area contributed by atoms with Crippen LogP contribution in [0.25, 0.3) is 0 Å². The fourth-order valence-corrected chi connectivity index (χ4v) is 1.83. The molecule has 0 bridgehead atoms. The molecule has 0 aromatic heterocycles. The average molecular weight is 380 g/mol. The molecule has 9 nitrogen and oxygen atoms in total. The molecular formula is C18H24N2O7. The van der Waals surface area contributed by atoms with Gasteiger partial charge in [-0.05, 0) is 31.0 Å². The van der Waals surface area contributed by atoms with Gasteiger partial charge in [-0.25, -0.2) is 9.59 Å². The van der Waals surface area contributed by atoms with E-state index in [1.165, 1.54) is 32.2 Å². The van der Waals surface area contributed by atoms with Crippen LogP contribution in [0.4, 0.5) is 4.79 Å². The summed E-state index contributed by atoms with van der Waals surface area (Å²) in [5, 5.41) is 4.54. The predicted octanol–water partition coefficient (Wildman–Crippen LogP) is 1.30. The number of carbonyl (C=O) groups excluding carboxylic acids is 4. The van der Waals surface area contributed by atoms with Gasteiger partial charge >= 0.3 is 12.0 Å². The lowest BCUT2D eigenvalue weighted by Crippen LogP contribution is -2.42. The molecule has 0 saturated heterocycles. The van der Waals surface area contributed by atoms with Crippen LogP contribution in [0.5, 0.6) is 11.5 Å². The molecule has 9 heteroatoms. The Labute approximate surface area is 157 Å². The Balaban J connectivity index is 2.42. The van der Waals surface area contributed by atoms with Crippen LogP contribution in [-0.2, 0) is 14.3 Å². The third kappa shape index (κ3) is 8.21. The lowest BCUT2D eigenvalue weighted by molar-refractivity contribution is -0.150. The topological polar surface area (TPSA) is 120 Å². The van der Waals surface area contributed by atoms with Crippen molar-refractivity contribution in [3.8, 4) is 11.5 Å². The highest BCUT2D eigenvalue weighted by Crippen LogP contribution is 2.28. The summed E-state index contributed by atoms with van der Waals surface area (Å²) in [6.07, 6.45) is 0. The van der Waals surface area contributed by atoms with Gasteiger partial charge in [0, 0.05) is 12.1 Å². The first-order chi connectivity index (χ1) is 12.7. The van der Waals surface area contributed by atoms with Crippen molar-refractivity contribution in [2.24, 2.45) is 5.92 Å². The fourth-order valence-electron chi connectivity index (χ4n) is 1.83. The number of ketones is 1. The Morgan fingerprint density at radius 2 is 1.78 bits per heavy atom. The maximum atomic E-state index is 11.7. The van der Waals surface area contributed by atoms with Crippen LogP contribution in [0.2, 0.25) is 0 Å². The second-order valence-corrected chi connectivity index (χ2v) is 6.02. The SMILES string of the molecule is COc1cc(C(C)=O)ccc1OCC(=O)OCC(=O)NC(=O)NCC(C)C. The van der Waals surface area contributed by atoms with E-state index in [2.05, 4.69) is 5.32 Å². The quantitative estimate of drug-likeness (QED) is 0.489. The van der Waals surface area contributed by atoms with Crippen molar-refractivity contribution < 1.29 is 33.4 Å². The number of carbonyl (C=O) groups is 4. The lowest BCUT2D eigenvalue weighted by atomic mass is 10.1. The molecule has 0 aliphatic rings. The molecule has 148 valence electrons. The number of benzene rings is 1. The Morgan fingerprint density at radius 1 is 1.07 bits per heavy atom. The van der Waals surface area contributed by atoms with Gasteiger partial charge in [0.25, 0.3) is 5.91 Å². The highest BCUT2D eigenvalue weighted by molar-refractivity contribution is 5.95. The van der Waals surface area contributed by atoms with Crippen LogP contribution in [0, 0.1) is 5.92 Å². The smallest absolute Gasteiger partial charge is 0.344 e. The Morgan fingerprint density at radius 3 is 2.37 bits per heavy atom. The highest BCUT2D eigenvalue weighted by Gasteiger charge is 2.13. The normalized spacial score (nSPS) is 10.1. The minimum Gasteiger partial charge on any atom is -0.493 e. The number of amides is 3. The molecule has 0 fully saturated rings. The first-order valence-electron chi connectivity index (χ1n) is 8.28. The average Bonchev–Trinajstić information content (AvgIpc) is 2.62. The summed E-state index contributed by atoms with van der Waals surface area (Å²) < 4.78 is 15.1. The second-order valence-electron chi connectivity index (χ2n) is 6.02. The number of hydrogen-bond acceptors (Lipinski definition) is 7. The molecule has 0 aliphatic heterocycles. The van der Waals surface area contributed by atoms with E-state index in [9.17, 15) is 19.2 Å². The van der Waals surface area contributed by atoms with Gasteiger partial charge < -0.3 is 19.5 Å². The first kappa shape index (κ1) is 21.9. The summed E-state index contributed by atoms with van der Waals surface area (Å²) in [7, 11) is 1.40. The van der Waals surface area contributed by atoms with E-state index >= 15 is 0 Å². The molecule has 0 unspecified atom stereocenters. The molecule has 0 spiro atoms. The Hall–Kier alpha value is -3.10. The van der Waals surface area contributed by atoms with Gasteiger partial charge in [0.2, 0.25) is 0 Å². The number of ether oxygens (including phenoxy) is 3. The van der Waals surface area contributed by atoms with Crippen molar-refractivity contribution in [3.05, 3.63) is 23.8 Å². The van der Waals surface area contributed by atoms with Crippen LogP contribution in [-0.4, -0.2) is 50.6 Å². The summed E-state index contributed by atoms with van der Waals surface area (Å²) in [5.74, 6) is -0.921. The van der Waals surface area contributed by atoms with Crippen LogP contribution in [0.1, 0.15) is 31.1 Å². The van der Waals surface area contributed by atoms with Crippen LogP contribution in [0.15, 0.2) is 18.2 Å². The zero-order valence-corrected chi connectivity index (χ0v) is 15.8. The van der Waals surface area contributed by atoms with E-state index in [-0.39, 0.29) is 23.2 Å². The second kappa shape index (κ2) is 10.8. The van der Waals surface area contributed by atoms with Gasteiger partial charge in [-0.15, -0.1) is 0 Å². The molecule has 27 heavy (non-hydrogen) atoms. The fraction of sp³-hybridized carbons (Fsp3) is 0.444. The van der Waals surface area contributed by atoms with Crippen LogP contribution < -0.4 is 20.1 Å². The van der Waals surface area contributed by atoms with Crippen molar-refractivity contribution in [3.63, 3.8) is 0 Å². The first-order valence-corrected chi connectivity index (χ1v) is 8.28. The zero-order chi connectivity index (χ0) is 20.4. The van der Waals surface area contributed by atoms with E-state index in [0.29, 0.717) is 12.1 Å².